The fourth-order valence-electron chi connectivity index (χ4n) is 1.94. The van der Waals surface area contributed by atoms with Gasteiger partial charge in [-0.05, 0) is 24.6 Å². The second-order valence-corrected chi connectivity index (χ2v) is 6.39. The van der Waals surface area contributed by atoms with Gasteiger partial charge in [0.1, 0.15) is 28.4 Å². The molecule has 0 fully saturated rings. The molecule has 0 aliphatic heterocycles. The van der Waals surface area contributed by atoms with Crippen LogP contribution in [0.1, 0.15) is 5.56 Å². The summed E-state index contributed by atoms with van der Waals surface area (Å²) < 4.78 is 37.6. The van der Waals surface area contributed by atoms with Crippen LogP contribution in [0, 0.1) is 17.0 Å². The van der Waals surface area contributed by atoms with Gasteiger partial charge in [-0.3, -0.25) is 14.8 Å². The van der Waals surface area contributed by atoms with Crippen LogP contribution in [0.25, 0.3) is 0 Å². The molecule has 24 heavy (non-hydrogen) atoms. The smallest absolute Gasteiger partial charge is 0.287 e. The van der Waals surface area contributed by atoms with Crippen molar-refractivity contribution in [3.8, 4) is 11.5 Å². The number of aromatic nitrogens is 1. The van der Waals surface area contributed by atoms with Crippen molar-refractivity contribution in [2.24, 2.45) is 0 Å². The minimum Gasteiger partial charge on any atom is -0.497 e. The van der Waals surface area contributed by atoms with Crippen molar-refractivity contribution in [3.63, 3.8) is 0 Å². The van der Waals surface area contributed by atoms with Gasteiger partial charge in [0.25, 0.3) is 15.7 Å². The number of aryl methyl sites for hydroxylation is 1. The van der Waals surface area contributed by atoms with Crippen LogP contribution in [0.5, 0.6) is 11.5 Å². The van der Waals surface area contributed by atoms with Crippen LogP contribution in [0.15, 0.2) is 35.4 Å². The zero-order valence-electron chi connectivity index (χ0n) is 13.1. The number of anilines is 1. The molecule has 1 heterocycles. The summed E-state index contributed by atoms with van der Waals surface area (Å²) >= 11 is 0. The Balaban J connectivity index is 2.44. The minimum absolute atomic E-state index is 0.00882. The summed E-state index contributed by atoms with van der Waals surface area (Å²) in [7, 11) is -1.28. The van der Waals surface area contributed by atoms with Crippen LogP contribution in [0.2, 0.25) is 0 Å². The number of pyridine rings is 1. The molecule has 0 amide bonds. The molecule has 1 aromatic heterocycles. The quantitative estimate of drug-likeness (QED) is 0.623. The summed E-state index contributed by atoms with van der Waals surface area (Å²) in [6.45, 7) is 1.51. The van der Waals surface area contributed by atoms with Crippen LogP contribution < -0.4 is 14.2 Å². The third kappa shape index (κ3) is 3.54. The van der Waals surface area contributed by atoms with Crippen molar-refractivity contribution in [1.82, 2.24) is 4.98 Å². The number of sulfonamides is 1. The molecule has 2 rings (SSSR count). The molecule has 0 saturated carbocycles. The maximum atomic E-state index is 12.6. The first-order valence-electron chi connectivity index (χ1n) is 6.64. The molecule has 0 aliphatic carbocycles. The summed E-state index contributed by atoms with van der Waals surface area (Å²) in [5.74, 6) is 0.456. The zero-order chi connectivity index (χ0) is 17.9. The minimum atomic E-state index is -4.03. The average molecular weight is 353 g/mol. The maximum Gasteiger partial charge on any atom is 0.287 e. The number of nitrogens with zero attached hydrogens (tertiary/aromatic N) is 2. The number of rotatable bonds is 6. The predicted molar refractivity (Wildman–Crippen MR) is 86.0 cm³/mol. The average Bonchev–Trinajstić information content (AvgIpc) is 2.55. The van der Waals surface area contributed by atoms with Gasteiger partial charge >= 0.3 is 0 Å². The molecular formula is C14H15N3O6S. The molecule has 2 aromatic rings. The first-order valence-corrected chi connectivity index (χ1v) is 8.12. The Labute approximate surface area is 138 Å². The summed E-state index contributed by atoms with van der Waals surface area (Å²) in [6.07, 6.45) is 0.980. The number of ether oxygens (including phenoxy) is 2. The monoisotopic (exact) mass is 353 g/mol. The van der Waals surface area contributed by atoms with Gasteiger partial charge in [0.05, 0.1) is 19.1 Å². The Morgan fingerprint density at radius 3 is 2.46 bits per heavy atom. The largest absolute Gasteiger partial charge is 0.497 e. The second kappa shape index (κ2) is 6.71. The highest BCUT2D eigenvalue weighted by molar-refractivity contribution is 7.92. The predicted octanol–water partition coefficient (Wildman–Crippen LogP) is 2.12. The number of nitrogens with one attached hydrogen (secondary N) is 1. The molecule has 0 bridgehead atoms. The Kier molecular flexibility index (Phi) is 4.88. The van der Waals surface area contributed by atoms with Crippen LogP contribution in [0.4, 0.5) is 11.5 Å². The topological polar surface area (TPSA) is 121 Å². The van der Waals surface area contributed by atoms with E-state index in [4.69, 9.17) is 9.47 Å². The van der Waals surface area contributed by atoms with E-state index in [1.807, 2.05) is 0 Å². The Morgan fingerprint density at radius 2 is 1.92 bits per heavy atom. The molecule has 10 heteroatoms. The van der Waals surface area contributed by atoms with Gasteiger partial charge in [0.15, 0.2) is 0 Å². The van der Waals surface area contributed by atoms with Crippen molar-refractivity contribution in [2.45, 2.75) is 11.8 Å². The highest BCUT2D eigenvalue weighted by atomic mass is 32.2. The number of benzene rings is 1. The Morgan fingerprint density at radius 1 is 1.21 bits per heavy atom. The van der Waals surface area contributed by atoms with Crippen LogP contribution in [0.3, 0.4) is 0 Å². The van der Waals surface area contributed by atoms with Gasteiger partial charge in [-0.25, -0.2) is 13.4 Å². The molecule has 0 atom stereocenters. The number of hydrogen-bond acceptors (Lipinski definition) is 7. The molecule has 0 radical (unpaired) electrons. The lowest BCUT2D eigenvalue weighted by Gasteiger charge is -2.13. The molecule has 128 valence electrons. The van der Waals surface area contributed by atoms with Crippen LogP contribution >= 0.6 is 0 Å². The number of methoxy groups -OCH3 is 2. The number of nitro groups is 1. The fourth-order valence-corrected chi connectivity index (χ4v) is 3.21. The fraction of sp³-hybridized carbons (Fsp3) is 0.214. The SMILES string of the molecule is COc1ccc(OC)c(S(=O)(=O)Nc2ncc([N+](=O)[O-])cc2C)c1. The van der Waals surface area contributed by atoms with Gasteiger partial charge in [-0.1, -0.05) is 0 Å². The molecule has 0 saturated heterocycles. The summed E-state index contributed by atoms with van der Waals surface area (Å²) in [6, 6.07) is 5.56. The van der Waals surface area contributed by atoms with Crippen molar-refractivity contribution in [2.75, 3.05) is 18.9 Å². The van der Waals surface area contributed by atoms with Crippen LogP contribution in [-0.2, 0) is 10.0 Å². The molecule has 0 unspecified atom stereocenters. The van der Waals surface area contributed by atoms with Gasteiger partial charge in [0, 0.05) is 12.1 Å². The standard InChI is InChI=1S/C14H15N3O6S/c1-9-6-10(17(18)19)8-15-14(9)16-24(20,21)13-7-11(22-2)4-5-12(13)23-3/h4-8H,1-3H3,(H,15,16). The zero-order valence-corrected chi connectivity index (χ0v) is 14.0. The van der Waals surface area contributed by atoms with E-state index in [2.05, 4.69) is 9.71 Å². The lowest BCUT2D eigenvalue weighted by Crippen LogP contribution is -2.16. The molecule has 1 aromatic carbocycles. The van der Waals surface area contributed by atoms with Gasteiger partial charge in [0.2, 0.25) is 0 Å². The summed E-state index contributed by atoms with van der Waals surface area (Å²) in [5, 5.41) is 10.7. The summed E-state index contributed by atoms with van der Waals surface area (Å²) in [4.78, 5) is 13.8. The molecular weight excluding hydrogens is 338 g/mol. The highest BCUT2D eigenvalue weighted by Gasteiger charge is 2.22. The van der Waals surface area contributed by atoms with Gasteiger partial charge < -0.3 is 9.47 Å². The van der Waals surface area contributed by atoms with E-state index < -0.39 is 14.9 Å². The van der Waals surface area contributed by atoms with E-state index >= 15 is 0 Å². The Bertz CT molecular complexity index is 882. The van der Waals surface area contributed by atoms with Crippen molar-refractivity contribution < 1.29 is 22.8 Å². The van der Waals surface area contributed by atoms with Crippen molar-refractivity contribution in [1.29, 1.82) is 0 Å². The highest BCUT2D eigenvalue weighted by Crippen LogP contribution is 2.30. The van der Waals surface area contributed by atoms with E-state index in [9.17, 15) is 18.5 Å². The van der Waals surface area contributed by atoms with Gasteiger partial charge in [-0.2, -0.15) is 0 Å². The lowest BCUT2D eigenvalue weighted by molar-refractivity contribution is -0.385. The molecule has 0 aliphatic rings. The van der Waals surface area contributed by atoms with Crippen molar-refractivity contribution in [3.05, 3.63) is 46.1 Å². The normalized spacial score (nSPS) is 11.0. The molecule has 9 nitrogen and oxygen atoms in total. The van der Waals surface area contributed by atoms with E-state index in [-0.39, 0.29) is 22.2 Å². The third-order valence-electron chi connectivity index (χ3n) is 3.17. The Hall–Kier alpha value is -2.88. The molecule has 0 spiro atoms. The van der Waals surface area contributed by atoms with E-state index in [1.165, 1.54) is 39.3 Å². The van der Waals surface area contributed by atoms with Crippen molar-refractivity contribution >= 4 is 21.5 Å². The maximum absolute atomic E-state index is 12.6. The first-order chi connectivity index (χ1) is 11.3. The van der Waals surface area contributed by atoms with Gasteiger partial charge in [-0.15, -0.1) is 0 Å². The third-order valence-corrected chi connectivity index (χ3v) is 4.53. The van der Waals surface area contributed by atoms with E-state index in [0.717, 1.165) is 6.20 Å². The number of hydrogen-bond donors (Lipinski definition) is 1. The summed E-state index contributed by atoms with van der Waals surface area (Å²) in [5.41, 5.74) is 0.0871. The second-order valence-electron chi connectivity index (χ2n) is 4.74. The lowest BCUT2D eigenvalue weighted by atomic mass is 10.3. The van der Waals surface area contributed by atoms with Crippen LogP contribution in [-0.4, -0.2) is 32.5 Å². The van der Waals surface area contributed by atoms with E-state index in [1.54, 1.807) is 6.07 Å². The molecule has 1 N–H and O–H groups in total. The first kappa shape index (κ1) is 17.5. The van der Waals surface area contributed by atoms with E-state index in [0.29, 0.717) is 11.3 Å².